The van der Waals surface area contributed by atoms with Gasteiger partial charge in [-0.25, -0.2) is 4.79 Å². The van der Waals surface area contributed by atoms with Crippen LogP contribution in [0.4, 0.5) is 0 Å². The van der Waals surface area contributed by atoms with E-state index in [2.05, 4.69) is 14.9 Å². The fourth-order valence-corrected chi connectivity index (χ4v) is 1.83. The van der Waals surface area contributed by atoms with Crippen LogP contribution >= 0.6 is 0 Å². The van der Waals surface area contributed by atoms with Crippen molar-refractivity contribution >= 4 is 0 Å². The topological polar surface area (TPSA) is 98.4 Å². The predicted octanol–water partition coefficient (Wildman–Crippen LogP) is -1.36. The number of ether oxygens (including phenoxy) is 1. The van der Waals surface area contributed by atoms with E-state index in [4.69, 9.17) is 4.74 Å². The molecule has 0 radical (unpaired) electrons. The summed E-state index contributed by atoms with van der Waals surface area (Å²) in [5.41, 5.74) is -1.00. The SMILES string of the molecule is O=c1[nH]c(O)c(CCN2CCOCC2)c(=O)[nH]1. The van der Waals surface area contributed by atoms with Gasteiger partial charge in [0.25, 0.3) is 5.56 Å². The number of aromatic hydroxyl groups is 1. The fourth-order valence-electron chi connectivity index (χ4n) is 1.83. The molecule has 7 nitrogen and oxygen atoms in total. The summed E-state index contributed by atoms with van der Waals surface area (Å²) in [4.78, 5) is 28.7. The molecule has 0 aliphatic carbocycles. The van der Waals surface area contributed by atoms with Crippen molar-refractivity contribution in [1.82, 2.24) is 14.9 Å². The van der Waals surface area contributed by atoms with Gasteiger partial charge in [-0.3, -0.25) is 19.7 Å². The van der Waals surface area contributed by atoms with Gasteiger partial charge in [0.05, 0.1) is 18.8 Å². The number of morpholine rings is 1. The first-order valence-corrected chi connectivity index (χ1v) is 5.51. The Labute approximate surface area is 97.0 Å². The van der Waals surface area contributed by atoms with Crippen LogP contribution in [0.5, 0.6) is 5.88 Å². The van der Waals surface area contributed by atoms with Crippen LogP contribution in [0.1, 0.15) is 5.56 Å². The maximum atomic E-state index is 11.5. The van der Waals surface area contributed by atoms with E-state index in [-0.39, 0.29) is 11.4 Å². The summed E-state index contributed by atoms with van der Waals surface area (Å²) in [6, 6.07) is 0. The number of nitrogens with zero attached hydrogens (tertiary/aromatic N) is 1. The number of nitrogens with one attached hydrogen (secondary N) is 2. The third-order valence-electron chi connectivity index (χ3n) is 2.80. The lowest BCUT2D eigenvalue weighted by Gasteiger charge is -2.26. The molecule has 0 amide bonds. The van der Waals surface area contributed by atoms with Gasteiger partial charge in [-0.15, -0.1) is 0 Å². The van der Waals surface area contributed by atoms with Gasteiger partial charge in [0.2, 0.25) is 5.88 Å². The Hall–Kier alpha value is -1.60. The molecule has 0 bridgehead atoms. The normalized spacial score (nSPS) is 17.2. The third-order valence-corrected chi connectivity index (χ3v) is 2.80. The van der Waals surface area contributed by atoms with E-state index in [1.807, 2.05) is 0 Å². The average Bonchev–Trinajstić information content (AvgIpc) is 2.29. The first kappa shape index (κ1) is 11.9. The zero-order valence-corrected chi connectivity index (χ0v) is 9.36. The Balaban J connectivity index is 2.03. The Morgan fingerprint density at radius 2 is 1.94 bits per heavy atom. The van der Waals surface area contributed by atoms with Gasteiger partial charge in [0.1, 0.15) is 0 Å². The number of aromatic amines is 2. The van der Waals surface area contributed by atoms with Crippen LogP contribution in [0.3, 0.4) is 0 Å². The molecule has 1 aliphatic rings. The van der Waals surface area contributed by atoms with E-state index in [1.54, 1.807) is 0 Å². The lowest BCUT2D eigenvalue weighted by molar-refractivity contribution is 0.0383. The third kappa shape index (κ3) is 2.95. The second-order valence-corrected chi connectivity index (χ2v) is 3.94. The molecule has 1 aromatic rings. The molecule has 0 unspecified atom stereocenters. The van der Waals surface area contributed by atoms with Gasteiger partial charge in [0, 0.05) is 19.6 Å². The van der Waals surface area contributed by atoms with Gasteiger partial charge in [-0.1, -0.05) is 0 Å². The largest absolute Gasteiger partial charge is 0.494 e. The summed E-state index contributed by atoms with van der Waals surface area (Å²) in [6.45, 7) is 3.68. The van der Waals surface area contributed by atoms with E-state index >= 15 is 0 Å². The van der Waals surface area contributed by atoms with Crippen molar-refractivity contribution in [3.63, 3.8) is 0 Å². The summed E-state index contributed by atoms with van der Waals surface area (Å²) in [7, 11) is 0. The quantitative estimate of drug-likeness (QED) is 0.607. The summed E-state index contributed by atoms with van der Waals surface area (Å²) in [6.07, 6.45) is 0.401. The van der Waals surface area contributed by atoms with Crippen LogP contribution in [0, 0.1) is 0 Å². The monoisotopic (exact) mass is 241 g/mol. The molecule has 94 valence electrons. The standard InChI is InChI=1S/C10H15N3O4/c14-8-7(9(15)12-10(16)11-8)1-2-13-3-5-17-6-4-13/h1-6H2,(H3,11,12,14,15,16). The molecule has 17 heavy (non-hydrogen) atoms. The van der Waals surface area contributed by atoms with Gasteiger partial charge < -0.3 is 9.84 Å². The lowest BCUT2D eigenvalue weighted by atomic mass is 10.2. The van der Waals surface area contributed by atoms with Crippen LogP contribution in [0.2, 0.25) is 0 Å². The summed E-state index contributed by atoms with van der Waals surface area (Å²) >= 11 is 0. The molecule has 2 rings (SSSR count). The minimum absolute atomic E-state index is 0.219. The number of H-pyrrole nitrogens is 2. The minimum Gasteiger partial charge on any atom is -0.494 e. The maximum Gasteiger partial charge on any atom is 0.328 e. The molecule has 1 fully saturated rings. The Morgan fingerprint density at radius 1 is 1.24 bits per heavy atom. The van der Waals surface area contributed by atoms with Crippen molar-refractivity contribution in [3.8, 4) is 5.88 Å². The Kier molecular flexibility index (Phi) is 3.60. The van der Waals surface area contributed by atoms with E-state index in [1.165, 1.54) is 0 Å². The molecule has 0 aromatic carbocycles. The molecule has 2 heterocycles. The van der Waals surface area contributed by atoms with E-state index in [9.17, 15) is 14.7 Å². The molecule has 1 aromatic heterocycles. The van der Waals surface area contributed by atoms with Crippen molar-refractivity contribution in [3.05, 3.63) is 26.4 Å². The van der Waals surface area contributed by atoms with Gasteiger partial charge in [-0.05, 0) is 6.42 Å². The highest BCUT2D eigenvalue weighted by molar-refractivity contribution is 5.20. The molecule has 7 heteroatoms. The summed E-state index contributed by atoms with van der Waals surface area (Å²) in [5.74, 6) is -0.341. The molecule has 0 atom stereocenters. The average molecular weight is 241 g/mol. The number of hydrogen-bond acceptors (Lipinski definition) is 5. The van der Waals surface area contributed by atoms with Crippen LogP contribution in [-0.4, -0.2) is 52.8 Å². The zero-order valence-electron chi connectivity index (χ0n) is 9.36. The number of rotatable bonds is 3. The van der Waals surface area contributed by atoms with Crippen molar-refractivity contribution in [2.45, 2.75) is 6.42 Å². The van der Waals surface area contributed by atoms with Crippen LogP contribution in [0.25, 0.3) is 0 Å². The fraction of sp³-hybridized carbons (Fsp3) is 0.600. The molecular weight excluding hydrogens is 226 g/mol. The Morgan fingerprint density at radius 3 is 2.59 bits per heavy atom. The van der Waals surface area contributed by atoms with E-state index in [0.29, 0.717) is 26.2 Å². The van der Waals surface area contributed by atoms with Gasteiger partial charge in [-0.2, -0.15) is 0 Å². The first-order chi connectivity index (χ1) is 8.16. The molecule has 1 aliphatic heterocycles. The van der Waals surface area contributed by atoms with Crippen molar-refractivity contribution in [2.75, 3.05) is 32.8 Å². The number of aromatic nitrogens is 2. The molecule has 0 saturated carbocycles. The minimum atomic E-state index is -0.692. The van der Waals surface area contributed by atoms with Crippen LogP contribution in [-0.2, 0) is 11.2 Å². The van der Waals surface area contributed by atoms with Crippen LogP contribution < -0.4 is 11.2 Å². The van der Waals surface area contributed by atoms with Crippen molar-refractivity contribution in [1.29, 1.82) is 0 Å². The zero-order chi connectivity index (χ0) is 12.3. The van der Waals surface area contributed by atoms with Gasteiger partial charge >= 0.3 is 5.69 Å². The highest BCUT2D eigenvalue weighted by atomic mass is 16.5. The van der Waals surface area contributed by atoms with Crippen LogP contribution in [0.15, 0.2) is 9.59 Å². The highest BCUT2D eigenvalue weighted by Gasteiger charge is 2.13. The van der Waals surface area contributed by atoms with Crippen molar-refractivity contribution < 1.29 is 9.84 Å². The van der Waals surface area contributed by atoms with Gasteiger partial charge in [0.15, 0.2) is 0 Å². The molecular formula is C10H15N3O4. The van der Waals surface area contributed by atoms with E-state index < -0.39 is 11.2 Å². The first-order valence-electron chi connectivity index (χ1n) is 5.51. The molecule has 1 saturated heterocycles. The predicted molar refractivity (Wildman–Crippen MR) is 60.3 cm³/mol. The smallest absolute Gasteiger partial charge is 0.328 e. The number of hydrogen-bond donors (Lipinski definition) is 3. The second kappa shape index (κ2) is 5.15. The lowest BCUT2D eigenvalue weighted by Crippen LogP contribution is -2.38. The Bertz CT molecular complexity index is 487. The van der Waals surface area contributed by atoms with Crippen molar-refractivity contribution in [2.24, 2.45) is 0 Å². The second-order valence-electron chi connectivity index (χ2n) is 3.94. The molecule has 0 spiro atoms. The summed E-state index contributed by atoms with van der Waals surface area (Å²) in [5, 5.41) is 9.48. The maximum absolute atomic E-state index is 11.5. The van der Waals surface area contributed by atoms with E-state index in [0.717, 1.165) is 13.1 Å². The summed E-state index contributed by atoms with van der Waals surface area (Å²) < 4.78 is 5.21. The molecule has 3 N–H and O–H groups in total. The highest BCUT2D eigenvalue weighted by Crippen LogP contribution is 2.07.